The summed E-state index contributed by atoms with van der Waals surface area (Å²) in [7, 11) is 0. The van der Waals surface area contributed by atoms with Gasteiger partial charge in [0.2, 0.25) is 5.91 Å². The highest BCUT2D eigenvalue weighted by molar-refractivity contribution is 5.77. The SMILES string of the molecule is CCCN(C(=O)CC1(CN)CCCCC1)C(C)C. The normalized spacial score (nSPS) is 18.9. The molecular formula is C15H30N2O. The summed E-state index contributed by atoms with van der Waals surface area (Å²) >= 11 is 0. The van der Waals surface area contributed by atoms with Crippen molar-refractivity contribution < 1.29 is 4.79 Å². The minimum atomic E-state index is 0.0935. The molecule has 18 heavy (non-hydrogen) atoms. The number of rotatable bonds is 6. The molecule has 0 aromatic carbocycles. The van der Waals surface area contributed by atoms with Crippen LogP contribution in [0.2, 0.25) is 0 Å². The maximum absolute atomic E-state index is 12.5. The number of nitrogens with zero attached hydrogens (tertiary/aromatic N) is 1. The van der Waals surface area contributed by atoms with E-state index in [1.54, 1.807) is 0 Å². The van der Waals surface area contributed by atoms with Gasteiger partial charge in [0, 0.05) is 19.0 Å². The summed E-state index contributed by atoms with van der Waals surface area (Å²) in [5, 5.41) is 0. The molecule has 1 amide bonds. The molecule has 0 radical (unpaired) electrons. The summed E-state index contributed by atoms with van der Waals surface area (Å²) in [5.41, 5.74) is 6.06. The largest absolute Gasteiger partial charge is 0.340 e. The number of amides is 1. The van der Waals surface area contributed by atoms with Crippen molar-refractivity contribution in [2.24, 2.45) is 11.1 Å². The Kier molecular flexibility index (Phi) is 6.13. The van der Waals surface area contributed by atoms with Crippen LogP contribution in [0.15, 0.2) is 0 Å². The van der Waals surface area contributed by atoms with Gasteiger partial charge >= 0.3 is 0 Å². The van der Waals surface area contributed by atoms with Gasteiger partial charge in [-0.3, -0.25) is 4.79 Å². The topological polar surface area (TPSA) is 46.3 Å². The van der Waals surface area contributed by atoms with E-state index < -0.39 is 0 Å². The molecule has 0 unspecified atom stereocenters. The minimum absolute atomic E-state index is 0.0935. The van der Waals surface area contributed by atoms with Gasteiger partial charge in [0.1, 0.15) is 0 Å². The maximum atomic E-state index is 12.5. The third kappa shape index (κ3) is 3.98. The Bertz CT molecular complexity index is 257. The first-order chi connectivity index (χ1) is 8.54. The van der Waals surface area contributed by atoms with Gasteiger partial charge in [0.15, 0.2) is 0 Å². The van der Waals surface area contributed by atoms with Crippen LogP contribution >= 0.6 is 0 Å². The average molecular weight is 254 g/mol. The Hall–Kier alpha value is -0.570. The lowest BCUT2D eigenvalue weighted by Crippen LogP contribution is -2.43. The third-order valence-electron chi connectivity index (χ3n) is 4.28. The molecule has 0 atom stereocenters. The molecule has 0 aliphatic heterocycles. The van der Waals surface area contributed by atoms with Crippen molar-refractivity contribution in [1.29, 1.82) is 0 Å². The van der Waals surface area contributed by atoms with Gasteiger partial charge in [-0.25, -0.2) is 0 Å². The highest BCUT2D eigenvalue weighted by Crippen LogP contribution is 2.38. The molecule has 1 aliphatic carbocycles. The Labute approximate surface area is 112 Å². The highest BCUT2D eigenvalue weighted by atomic mass is 16.2. The summed E-state index contributed by atoms with van der Waals surface area (Å²) in [5.74, 6) is 0.305. The summed E-state index contributed by atoms with van der Waals surface area (Å²) in [6.45, 7) is 7.86. The average Bonchev–Trinajstić information content (AvgIpc) is 2.36. The van der Waals surface area contributed by atoms with Crippen LogP contribution in [0.4, 0.5) is 0 Å². The smallest absolute Gasteiger partial charge is 0.223 e. The van der Waals surface area contributed by atoms with Gasteiger partial charge in [0.25, 0.3) is 0 Å². The first-order valence-electron chi connectivity index (χ1n) is 7.54. The van der Waals surface area contributed by atoms with Crippen LogP contribution < -0.4 is 5.73 Å². The monoisotopic (exact) mass is 254 g/mol. The molecule has 0 spiro atoms. The van der Waals surface area contributed by atoms with Gasteiger partial charge in [-0.1, -0.05) is 26.2 Å². The predicted octanol–water partition coefficient (Wildman–Crippen LogP) is 2.93. The summed E-state index contributed by atoms with van der Waals surface area (Å²) < 4.78 is 0. The van der Waals surface area contributed by atoms with E-state index in [1.807, 2.05) is 4.90 Å². The molecule has 106 valence electrons. The van der Waals surface area contributed by atoms with Crippen LogP contribution in [-0.4, -0.2) is 29.9 Å². The van der Waals surface area contributed by atoms with Crippen molar-refractivity contribution in [2.75, 3.05) is 13.1 Å². The predicted molar refractivity (Wildman–Crippen MR) is 76.3 cm³/mol. The Morgan fingerprint density at radius 2 is 1.89 bits per heavy atom. The second kappa shape index (κ2) is 7.13. The van der Waals surface area contributed by atoms with Crippen LogP contribution in [-0.2, 0) is 4.79 Å². The number of carbonyl (C=O) groups is 1. The van der Waals surface area contributed by atoms with E-state index in [-0.39, 0.29) is 5.41 Å². The molecule has 0 aromatic rings. The van der Waals surface area contributed by atoms with Crippen molar-refractivity contribution >= 4 is 5.91 Å². The molecular weight excluding hydrogens is 224 g/mol. The molecule has 3 heteroatoms. The molecule has 0 heterocycles. The van der Waals surface area contributed by atoms with Crippen molar-refractivity contribution in [1.82, 2.24) is 4.90 Å². The fraction of sp³-hybridized carbons (Fsp3) is 0.933. The molecule has 1 rings (SSSR count). The number of hydrogen-bond donors (Lipinski definition) is 1. The third-order valence-corrected chi connectivity index (χ3v) is 4.28. The second-order valence-electron chi connectivity index (χ2n) is 6.12. The van der Waals surface area contributed by atoms with Crippen LogP contribution in [0, 0.1) is 5.41 Å². The lowest BCUT2D eigenvalue weighted by atomic mass is 9.71. The van der Waals surface area contributed by atoms with Crippen molar-refractivity contribution in [3.05, 3.63) is 0 Å². The first kappa shape index (κ1) is 15.5. The Morgan fingerprint density at radius 3 is 2.33 bits per heavy atom. The number of carbonyl (C=O) groups excluding carboxylic acids is 1. The molecule has 1 saturated carbocycles. The van der Waals surface area contributed by atoms with Crippen molar-refractivity contribution in [3.63, 3.8) is 0 Å². The first-order valence-corrected chi connectivity index (χ1v) is 7.54. The Morgan fingerprint density at radius 1 is 1.28 bits per heavy atom. The van der Waals surface area contributed by atoms with Crippen molar-refractivity contribution in [2.45, 2.75) is 71.8 Å². The van der Waals surface area contributed by atoms with Gasteiger partial charge in [-0.2, -0.15) is 0 Å². The van der Waals surface area contributed by atoms with E-state index in [0.717, 1.165) is 25.8 Å². The summed E-state index contributed by atoms with van der Waals surface area (Å²) in [4.78, 5) is 14.5. The van der Waals surface area contributed by atoms with Crippen LogP contribution in [0.25, 0.3) is 0 Å². The van der Waals surface area contributed by atoms with Gasteiger partial charge in [-0.05, 0) is 45.1 Å². The highest BCUT2D eigenvalue weighted by Gasteiger charge is 2.34. The zero-order chi connectivity index (χ0) is 13.6. The fourth-order valence-corrected chi connectivity index (χ4v) is 3.09. The van der Waals surface area contributed by atoms with E-state index in [0.29, 0.717) is 24.9 Å². The molecule has 0 aromatic heterocycles. The quantitative estimate of drug-likeness (QED) is 0.792. The number of nitrogens with two attached hydrogens (primary N) is 1. The van der Waals surface area contributed by atoms with E-state index >= 15 is 0 Å². The van der Waals surface area contributed by atoms with Crippen LogP contribution in [0.5, 0.6) is 0 Å². The van der Waals surface area contributed by atoms with Gasteiger partial charge < -0.3 is 10.6 Å². The molecule has 2 N–H and O–H groups in total. The van der Waals surface area contributed by atoms with Crippen LogP contribution in [0.1, 0.15) is 65.7 Å². The zero-order valence-electron chi connectivity index (χ0n) is 12.4. The lowest BCUT2D eigenvalue weighted by molar-refractivity contribution is -0.136. The summed E-state index contributed by atoms with van der Waals surface area (Å²) in [6.07, 6.45) is 7.72. The zero-order valence-corrected chi connectivity index (χ0v) is 12.4. The fourth-order valence-electron chi connectivity index (χ4n) is 3.09. The molecule has 1 fully saturated rings. The minimum Gasteiger partial charge on any atom is -0.340 e. The Balaban J connectivity index is 2.64. The standard InChI is InChI=1S/C15H30N2O/c1-4-10-17(13(2)3)14(18)11-15(12-16)8-6-5-7-9-15/h13H,4-12,16H2,1-3H3. The van der Waals surface area contributed by atoms with Gasteiger partial charge in [-0.15, -0.1) is 0 Å². The second-order valence-corrected chi connectivity index (χ2v) is 6.12. The van der Waals surface area contributed by atoms with E-state index in [1.165, 1.54) is 19.3 Å². The molecule has 0 saturated heterocycles. The number of hydrogen-bond acceptors (Lipinski definition) is 2. The van der Waals surface area contributed by atoms with Gasteiger partial charge in [0.05, 0.1) is 0 Å². The molecule has 0 bridgehead atoms. The van der Waals surface area contributed by atoms with Crippen LogP contribution in [0.3, 0.4) is 0 Å². The van der Waals surface area contributed by atoms with E-state index in [4.69, 9.17) is 5.73 Å². The van der Waals surface area contributed by atoms with Crippen molar-refractivity contribution in [3.8, 4) is 0 Å². The van der Waals surface area contributed by atoms with E-state index in [9.17, 15) is 4.79 Å². The molecule has 1 aliphatic rings. The van der Waals surface area contributed by atoms with E-state index in [2.05, 4.69) is 20.8 Å². The summed E-state index contributed by atoms with van der Waals surface area (Å²) in [6, 6.07) is 0.302. The maximum Gasteiger partial charge on any atom is 0.223 e. The molecule has 3 nitrogen and oxygen atoms in total. The lowest BCUT2D eigenvalue weighted by Gasteiger charge is -2.38.